The molecule has 0 spiro atoms. The minimum absolute atomic E-state index is 0.261. The Morgan fingerprint density at radius 2 is 1.14 bits per heavy atom. The van der Waals surface area contributed by atoms with Crippen LogP contribution in [0.2, 0.25) is 0 Å². The van der Waals surface area contributed by atoms with Gasteiger partial charge in [0.15, 0.2) is 0 Å². The van der Waals surface area contributed by atoms with E-state index in [9.17, 15) is 13.2 Å². The largest absolute Gasteiger partial charge is 0.416 e. The van der Waals surface area contributed by atoms with Crippen molar-refractivity contribution >= 4 is 0 Å². The number of hydrogen-bond acceptors (Lipinski definition) is 0. The second kappa shape index (κ2) is 5.55. The van der Waals surface area contributed by atoms with Gasteiger partial charge < -0.3 is 0 Å². The van der Waals surface area contributed by atoms with Crippen molar-refractivity contribution in [2.45, 2.75) is 32.4 Å². The summed E-state index contributed by atoms with van der Waals surface area (Å²) in [6.45, 7) is 6.25. The second-order valence-electron chi connectivity index (χ2n) is 5.80. The molecule has 0 N–H and O–H groups in total. The Bertz CT molecular complexity index is 582. The number of rotatable bonds is 3. The van der Waals surface area contributed by atoms with E-state index in [4.69, 9.17) is 0 Å². The number of hydrogen-bond donors (Lipinski definition) is 0. The first-order valence-electron chi connectivity index (χ1n) is 6.99. The van der Waals surface area contributed by atoms with Crippen LogP contribution in [0.5, 0.6) is 0 Å². The van der Waals surface area contributed by atoms with Crippen molar-refractivity contribution in [3.05, 3.63) is 71.3 Å². The van der Waals surface area contributed by atoms with Crippen LogP contribution in [0.4, 0.5) is 13.2 Å². The summed E-state index contributed by atoms with van der Waals surface area (Å²) in [5.74, 6) is 0.261. The molecule has 0 bridgehead atoms. The summed E-state index contributed by atoms with van der Waals surface area (Å²) in [6.07, 6.45) is -4.29. The van der Waals surface area contributed by atoms with Crippen molar-refractivity contribution in [2.24, 2.45) is 5.92 Å². The third-order valence-corrected chi connectivity index (χ3v) is 4.34. The van der Waals surface area contributed by atoms with Gasteiger partial charge in [0, 0.05) is 5.41 Å². The fraction of sp³-hybridized carbons (Fsp3) is 0.333. The van der Waals surface area contributed by atoms with Gasteiger partial charge >= 0.3 is 6.18 Å². The Kier molecular flexibility index (Phi) is 4.13. The summed E-state index contributed by atoms with van der Waals surface area (Å²) in [4.78, 5) is 0. The highest BCUT2D eigenvalue weighted by molar-refractivity contribution is 5.40. The zero-order valence-electron chi connectivity index (χ0n) is 12.4. The Labute approximate surface area is 123 Å². The molecule has 3 heteroatoms. The van der Waals surface area contributed by atoms with Crippen molar-refractivity contribution in [1.82, 2.24) is 0 Å². The highest BCUT2D eigenvalue weighted by Crippen LogP contribution is 2.40. The summed E-state index contributed by atoms with van der Waals surface area (Å²) in [6, 6.07) is 15.4. The Balaban J connectivity index is 2.49. The molecule has 0 fully saturated rings. The maximum atomic E-state index is 12.7. The van der Waals surface area contributed by atoms with E-state index in [0.717, 1.165) is 11.1 Å². The smallest absolute Gasteiger partial charge is 0.166 e. The van der Waals surface area contributed by atoms with Gasteiger partial charge in [-0.3, -0.25) is 0 Å². The van der Waals surface area contributed by atoms with Crippen molar-refractivity contribution in [3.8, 4) is 0 Å². The lowest BCUT2D eigenvalue weighted by Gasteiger charge is -2.35. The van der Waals surface area contributed by atoms with Gasteiger partial charge in [0.1, 0.15) is 0 Å². The molecule has 0 aromatic heterocycles. The number of benzene rings is 2. The van der Waals surface area contributed by atoms with Gasteiger partial charge in [-0.2, -0.15) is 13.2 Å². The van der Waals surface area contributed by atoms with Gasteiger partial charge in [0.2, 0.25) is 0 Å². The quantitative estimate of drug-likeness (QED) is 0.684. The molecule has 2 aromatic rings. The van der Waals surface area contributed by atoms with Gasteiger partial charge in [0.25, 0.3) is 0 Å². The lowest BCUT2D eigenvalue weighted by Crippen LogP contribution is -2.30. The summed E-state index contributed by atoms with van der Waals surface area (Å²) in [5.41, 5.74) is 1.09. The Morgan fingerprint density at radius 1 is 0.714 bits per heavy atom. The van der Waals surface area contributed by atoms with E-state index < -0.39 is 11.7 Å². The van der Waals surface area contributed by atoms with E-state index in [2.05, 4.69) is 20.8 Å². The molecule has 0 aliphatic carbocycles. The average molecular weight is 292 g/mol. The molecular formula is C18H19F3. The lowest BCUT2D eigenvalue weighted by molar-refractivity contribution is -0.137. The van der Waals surface area contributed by atoms with E-state index in [1.54, 1.807) is 12.1 Å². The van der Waals surface area contributed by atoms with E-state index in [0.29, 0.717) is 0 Å². The molecule has 0 heterocycles. The number of halogens is 3. The van der Waals surface area contributed by atoms with Gasteiger partial charge in [0.05, 0.1) is 5.56 Å². The van der Waals surface area contributed by atoms with Crippen LogP contribution in [-0.4, -0.2) is 0 Å². The first kappa shape index (κ1) is 15.6. The predicted octanol–water partition coefficient (Wildman–Crippen LogP) is 5.67. The normalized spacial score (nSPS) is 15.0. The summed E-state index contributed by atoms with van der Waals surface area (Å²) in [7, 11) is 0. The highest BCUT2D eigenvalue weighted by Gasteiger charge is 2.34. The molecule has 1 atom stereocenters. The molecule has 0 unspecified atom stereocenters. The van der Waals surface area contributed by atoms with Crippen molar-refractivity contribution in [1.29, 1.82) is 0 Å². The van der Waals surface area contributed by atoms with Crippen LogP contribution in [-0.2, 0) is 11.6 Å². The monoisotopic (exact) mass is 292 g/mol. The first-order valence-corrected chi connectivity index (χ1v) is 6.99. The zero-order chi connectivity index (χ0) is 15.7. The van der Waals surface area contributed by atoms with Gasteiger partial charge in [-0.15, -0.1) is 0 Å². The fourth-order valence-corrected chi connectivity index (χ4v) is 2.62. The minimum atomic E-state index is -4.29. The van der Waals surface area contributed by atoms with Crippen LogP contribution >= 0.6 is 0 Å². The zero-order valence-corrected chi connectivity index (χ0v) is 12.4. The third-order valence-electron chi connectivity index (χ3n) is 4.34. The topological polar surface area (TPSA) is 0 Å². The summed E-state index contributed by atoms with van der Waals surface area (Å²) in [5, 5.41) is 0. The molecule has 21 heavy (non-hydrogen) atoms. The van der Waals surface area contributed by atoms with Crippen LogP contribution in [0.1, 0.15) is 37.5 Å². The molecule has 0 aliphatic rings. The molecule has 112 valence electrons. The van der Waals surface area contributed by atoms with Crippen molar-refractivity contribution in [3.63, 3.8) is 0 Å². The molecule has 0 saturated carbocycles. The van der Waals surface area contributed by atoms with E-state index in [-0.39, 0.29) is 11.3 Å². The Morgan fingerprint density at radius 3 is 1.57 bits per heavy atom. The fourth-order valence-electron chi connectivity index (χ4n) is 2.62. The number of alkyl halides is 3. The van der Waals surface area contributed by atoms with Crippen LogP contribution in [0.3, 0.4) is 0 Å². The van der Waals surface area contributed by atoms with E-state index in [1.807, 2.05) is 30.3 Å². The van der Waals surface area contributed by atoms with Crippen LogP contribution in [0.15, 0.2) is 54.6 Å². The molecule has 0 radical (unpaired) electrons. The molecule has 2 aromatic carbocycles. The van der Waals surface area contributed by atoms with E-state index >= 15 is 0 Å². The second-order valence-corrected chi connectivity index (χ2v) is 5.80. The molecular weight excluding hydrogens is 273 g/mol. The van der Waals surface area contributed by atoms with Crippen LogP contribution in [0, 0.1) is 5.92 Å². The molecule has 0 amide bonds. The predicted molar refractivity (Wildman–Crippen MR) is 79.2 cm³/mol. The van der Waals surface area contributed by atoms with Gasteiger partial charge in [-0.05, 0) is 29.2 Å². The van der Waals surface area contributed by atoms with E-state index in [1.165, 1.54) is 12.1 Å². The molecule has 0 aliphatic heterocycles. The maximum absolute atomic E-state index is 12.7. The summed E-state index contributed by atoms with van der Waals surface area (Å²) >= 11 is 0. The maximum Gasteiger partial charge on any atom is 0.416 e. The first-order chi connectivity index (χ1) is 9.76. The molecule has 0 nitrogen and oxygen atoms in total. The van der Waals surface area contributed by atoms with Crippen LogP contribution in [0.25, 0.3) is 0 Å². The lowest BCUT2D eigenvalue weighted by atomic mass is 9.68. The highest BCUT2D eigenvalue weighted by atomic mass is 19.4. The molecule has 0 saturated heterocycles. The van der Waals surface area contributed by atoms with Crippen molar-refractivity contribution < 1.29 is 13.2 Å². The average Bonchev–Trinajstić information content (AvgIpc) is 2.46. The van der Waals surface area contributed by atoms with Crippen molar-refractivity contribution in [2.75, 3.05) is 0 Å². The van der Waals surface area contributed by atoms with Gasteiger partial charge in [-0.1, -0.05) is 63.2 Å². The SMILES string of the molecule is CC(C)[C@](C)(c1ccccc1)c1ccc(C(F)(F)F)cc1. The standard InChI is InChI=1S/C18H19F3/c1-13(2)17(3,14-7-5-4-6-8-14)15-9-11-16(12-10-15)18(19,20)21/h4-13H,1-3H3/t17-/m1/s1. The third kappa shape index (κ3) is 2.97. The van der Waals surface area contributed by atoms with Crippen LogP contribution < -0.4 is 0 Å². The summed E-state index contributed by atoms with van der Waals surface area (Å²) < 4.78 is 38.1. The van der Waals surface area contributed by atoms with Gasteiger partial charge in [-0.25, -0.2) is 0 Å². The minimum Gasteiger partial charge on any atom is -0.166 e. The molecule has 2 rings (SSSR count). The Hall–Kier alpha value is -1.77.